The van der Waals surface area contributed by atoms with Gasteiger partial charge in [0.05, 0.1) is 32.3 Å². The molecular weight excluding hydrogens is 518 g/mol. The van der Waals surface area contributed by atoms with Crippen LogP contribution >= 0.6 is 0 Å². The molecule has 0 amide bonds. The molecule has 0 radical (unpaired) electrons. The van der Waals surface area contributed by atoms with Crippen molar-refractivity contribution in [2.24, 2.45) is 0 Å². The zero-order valence-corrected chi connectivity index (χ0v) is 20.6. The summed E-state index contributed by atoms with van der Waals surface area (Å²) in [6.45, 7) is 3.64. The van der Waals surface area contributed by atoms with Crippen LogP contribution in [0.3, 0.4) is 0 Å². The van der Waals surface area contributed by atoms with Gasteiger partial charge in [0.15, 0.2) is 11.5 Å². The number of aliphatic carboxylic acids is 2. The monoisotopic (exact) mass is 541 g/mol. The minimum absolute atomic E-state index is 0.0364. The first-order chi connectivity index (χ1) is 17.7. The Bertz CT molecular complexity index is 1360. The van der Waals surface area contributed by atoms with E-state index in [0.717, 1.165) is 6.07 Å². The summed E-state index contributed by atoms with van der Waals surface area (Å²) < 4.78 is 62.5. The highest BCUT2D eigenvalue weighted by Crippen LogP contribution is 2.36. The van der Waals surface area contributed by atoms with Crippen molar-refractivity contribution in [2.75, 3.05) is 14.2 Å². The lowest BCUT2D eigenvalue weighted by Crippen LogP contribution is -2.21. The summed E-state index contributed by atoms with van der Waals surface area (Å²) in [5.41, 5.74) is 0.149. The number of hydrogen-bond donors (Lipinski definition) is 2. The van der Waals surface area contributed by atoms with Gasteiger partial charge < -0.3 is 24.4 Å². The molecule has 9 nitrogen and oxygen atoms in total. The minimum atomic E-state index is -5.08. The number of aromatic nitrogens is 1. The van der Waals surface area contributed by atoms with Crippen molar-refractivity contribution in [3.05, 3.63) is 59.2 Å². The molecule has 0 aliphatic heterocycles. The van der Waals surface area contributed by atoms with Crippen molar-refractivity contribution in [2.45, 2.75) is 32.5 Å². The van der Waals surface area contributed by atoms with Crippen LogP contribution in [-0.2, 0) is 16.0 Å². The maximum absolute atomic E-state index is 14.5. The summed E-state index contributed by atoms with van der Waals surface area (Å²) in [6.07, 6.45) is -4.24. The Hall–Kier alpha value is -4.42. The predicted molar refractivity (Wildman–Crippen MR) is 125 cm³/mol. The molecule has 0 unspecified atom stereocenters. The highest BCUT2D eigenvalue weighted by atomic mass is 19.4. The van der Waals surface area contributed by atoms with E-state index in [-0.39, 0.29) is 23.8 Å². The number of rotatable bonds is 8. The van der Waals surface area contributed by atoms with Gasteiger partial charge in [0.2, 0.25) is 5.78 Å². The molecule has 13 heteroatoms. The predicted octanol–water partition coefficient (Wildman–Crippen LogP) is 4.67. The molecule has 2 aromatic carbocycles. The van der Waals surface area contributed by atoms with Gasteiger partial charge in [-0.15, -0.1) is 0 Å². The molecule has 0 bridgehead atoms. The van der Waals surface area contributed by atoms with Crippen LogP contribution in [0.4, 0.5) is 17.6 Å². The molecule has 1 aromatic heterocycles. The number of pyridine rings is 1. The summed E-state index contributed by atoms with van der Waals surface area (Å²) in [7, 11) is 2.88. The number of alkyl halides is 3. The van der Waals surface area contributed by atoms with Crippen LogP contribution in [0, 0.1) is 5.82 Å². The number of ketones is 1. The molecular formula is C25H23F4NO8. The minimum Gasteiger partial charge on any atom is -0.493 e. The number of carboxylic acid groups (broad SMARTS) is 2. The zero-order valence-electron chi connectivity index (χ0n) is 20.6. The van der Waals surface area contributed by atoms with Crippen LogP contribution in [0.15, 0.2) is 36.5 Å². The highest BCUT2D eigenvalue weighted by Gasteiger charge is 2.38. The third kappa shape index (κ3) is 7.31. The van der Waals surface area contributed by atoms with E-state index in [1.807, 2.05) is 13.8 Å². The molecule has 2 N–H and O–H groups in total. The average molecular weight is 541 g/mol. The summed E-state index contributed by atoms with van der Waals surface area (Å²) >= 11 is 0. The van der Waals surface area contributed by atoms with Crippen molar-refractivity contribution in [3.63, 3.8) is 0 Å². The number of carboxylic acids is 2. The lowest BCUT2D eigenvalue weighted by atomic mass is 9.97. The second-order valence-electron chi connectivity index (χ2n) is 7.90. The number of fused-ring (bicyclic) bond motifs is 1. The molecule has 3 aromatic rings. The number of methoxy groups -OCH3 is 2. The van der Waals surface area contributed by atoms with Crippen molar-refractivity contribution in [3.8, 4) is 17.2 Å². The van der Waals surface area contributed by atoms with Gasteiger partial charge in [0, 0.05) is 11.6 Å². The Labute approximate surface area is 213 Å². The summed E-state index contributed by atoms with van der Waals surface area (Å²) in [5, 5.41) is 17.1. The fourth-order valence-electron chi connectivity index (χ4n) is 3.26. The molecule has 0 spiro atoms. The fourth-order valence-corrected chi connectivity index (χ4v) is 3.26. The fraction of sp³-hybridized carbons (Fsp3) is 0.280. The zero-order chi connectivity index (χ0) is 28.8. The van der Waals surface area contributed by atoms with Crippen LogP contribution in [0.5, 0.6) is 17.2 Å². The van der Waals surface area contributed by atoms with E-state index in [9.17, 15) is 32.3 Å². The number of carbonyl (C=O) groups excluding carboxylic acids is 1. The van der Waals surface area contributed by atoms with Gasteiger partial charge in [0.1, 0.15) is 17.3 Å². The first-order valence-electron chi connectivity index (χ1n) is 10.8. The third-order valence-electron chi connectivity index (χ3n) is 4.83. The Morgan fingerprint density at radius 3 is 2.00 bits per heavy atom. The van der Waals surface area contributed by atoms with Crippen LogP contribution in [0.1, 0.15) is 35.5 Å². The quantitative estimate of drug-likeness (QED) is 0.308. The van der Waals surface area contributed by atoms with E-state index in [1.54, 1.807) is 6.07 Å². The van der Waals surface area contributed by atoms with Gasteiger partial charge in [0.25, 0.3) is 0 Å². The topological polar surface area (TPSA) is 132 Å². The van der Waals surface area contributed by atoms with E-state index < -0.39 is 29.7 Å². The maximum atomic E-state index is 14.5. The Kier molecular flexibility index (Phi) is 9.58. The maximum Gasteiger partial charge on any atom is 0.490 e. The van der Waals surface area contributed by atoms with Crippen LogP contribution < -0.4 is 14.2 Å². The number of hydrogen-bond acceptors (Lipinski definition) is 7. The normalized spacial score (nSPS) is 11.0. The number of nitrogens with zero attached hydrogens (tertiary/aromatic N) is 1. The first kappa shape index (κ1) is 29.8. The molecule has 0 aliphatic rings. The van der Waals surface area contributed by atoms with Crippen molar-refractivity contribution in [1.29, 1.82) is 0 Å². The molecule has 0 saturated heterocycles. The smallest absolute Gasteiger partial charge is 0.490 e. The van der Waals surface area contributed by atoms with Gasteiger partial charge in [-0.1, -0.05) is 0 Å². The lowest BCUT2D eigenvalue weighted by Gasteiger charge is -2.14. The van der Waals surface area contributed by atoms with Crippen molar-refractivity contribution < 1.29 is 56.4 Å². The standard InChI is InChI=1S/C23H22FNO6.C2HF3O2/c1-12(2)31-14-5-6-18(24)17(8-14)23(28)22-16-10-20(30-4)19(29-3)9-15(16)13(11-25-22)7-21(26)27;3-2(4,5)1(6)7/h5-6,8-12H,7H2,1-4H3,(H,26,27);(H,6,7). The van der Waals surface area contributed by atoms with Gasteiger partial charge in [-0.2, -0.15) is 13.2 Å². The molecule has 0 saturated carbocycles. The Morgan fingerprint density at radius 2 is 1.53 bits per heavy atom. The molecule has 0 fully saturated rings. The van der Waals surface area contributed by atoms with E-state index >= 15 is 0 Å². The molecule has 38 heavy (non-hydrogen) atoms. The molecule has 3 rings (SSSR count). The molecule has 0 aliphatic carbocycles. The molecule has 204 valence electrons. The third-order valence-corrected chi connectivity index (χ3v) is 4.83. The summed E-state index contributed by atoms with van der Waals surface area (Å²) in [4.78, 5) is 37.6. The molecule has 1 heterocycles. The van der Waals surface area contributed by atoms with E-state index in [0.29, 0.717) is 33.6 Å². The van der Waals surface area contributed by atoms with Crippen molar-refractivity contribution >= 4 is 28.5 Å². The van der Waals surface area contributed by atoms with Gasteiger partial charge in [-0.05, 0) is 55.1 Å². The van der Waals surface area contributed by atoms with Crippen LogP contribution in [0.2, 0.25) is 0 Å². The Morgan fingerprint density at radius 1 is 0.974 bits per heavy atom. The number of carbonyl (C=O) groups is 3. The number of halogens is 4. The SMILES string of the molecule is COc1cc2c(CC(=O)O)cnc(C(=O)c3cc(OC(C)C)ccc3F)c2cc1OC.O=C(O)C(F)(F)F. The van der Waals surface area contributed by atoms with Crippen LogP contribution in [-0.4, -0.2) is 59.4 Å². The van der Waals surface area contributed by atoms with Gasteiger partial charge in [-0.3, -0.25) is 14.6 Å². The second-order valence-corrected chi connectivity index (χ2v) is 7.90. The van der Waals surface area contributed by atoms with E-state index in [1.165, 1.54) is 38.6 Å². The second kappa shape index (κ2) is 12.2. The number of ether oxygens (including phenoxy) is 3. The van der Waals surface area contributed by atoms with Crippen molar-refractivity contribution in [1.82, 2.24) is 4.98 Å². The summed E-state index contributed by atoms with van der Waals surface area (Å²) in [5.74, 6) is -4.14. The van der Waals surface area contributed by atoms with Crippen LogP contribution in [0.25, 0.3) is 10.8 Å². The average Bonchev–Trinajstić information content (AvgIpc) is 2.83. The Balaban J connectivity index is 0.000000638. The summed E-state index contributed by atoms with van der Waals surface area (Å²) in [6, 6.07) is 7.06. The van der Waals surface area contributed by atoms with Gasteiger partial charge in [-0.25, -0.2) is 9.18 Å². The highest BCUT2D eigenvalue weighted by molar-refractivity contribution is 6.16. The number of benzene rings is 2. The molecule has 0 atom stereocenters. The van der Waals surface area contributed by atoms with E-state index in [4.69, 9.17) is 24.1 Å². The van der Waals surface area contributed by atoms with E-state index in [2.05, 4.69) is 4.98 Å². The largest absolute Gasteiger partial charge is 0.493 e. The first-order valence-corrected chi connectivity index (χ1v) is 10.8. The lowest BCUT2D eigenvalue weighted by molar-refractivity contribution is -0.192. The van der Waals surface area contributed by atoms with Gasteiger partial charge >= 0.3 is 18.1 Å².